The molecule has 0 bridgehead atoms. The first kappa shape index (κ1) is 14.0. The summed E-state index contributed by atoms with van der Waals surface area (Å²) in [6.07, 6.45) is 9.09. The molecule has 1 aliphatic carbocycles. The van der Waals surface area contributed by atoms with Gasteiger partial charge in [0.2, 0.25) is 0 Å². The minimum absolute atomic E-state index is 0.119. The largest absolute Gasteiger partial charge is 0.373 e. The first-order valence-electron chi connectivity index (χ1n) is 7.21. The first-order chi connectivity index (χ1) is 9.72. The Labute approximate surface area is 124 Å². The van der Waals surface area contributed by atoms with Crippen LogP contribution in [0, 0.1) is 5.92 Å². The molecule has 3 rings (SSSR count). The molecule has 0 aromatic carbocycles. The minimum atomic E-state index is 0.119. The summed E-state index contributed by atoms with van der Waals surface area (Å²) >= 11 is 6.05. The van der Waals surface area contributed by atoms with E-state index in [0.717, 1.165) is 23.6 Å². The number of halogens is 1. The number of ether oxygens (including phenoxy) is 1. The van der Waals surface area contributed by atoms with Gasteiger partial charge in [-0.1, -0.05) is 17.7 Å². The van der Waals surface area contributed by atoms with Crippen LogP contribution < -0.4 is 10.6 Å². The van der Waals surface area contributed by atoms with Crippen molar-refractivity contribution in [1.82, 2.24) is 14.9 Å². The van der Waals surface area contributed by atoms with E-state index in [1.165, 1.54) is 32.3 Å². The summed E-state index contributed by atoms with van der Waals surface area (Å²) in [5.74, 6) is 0.690. The lowest BCUT2D eigenvalue weighted by molar-refractivity contribution is 0.0477. The summed E-state index contributed by atoms with van der Waals surface area (Å²) in [5, 5.41) is 2.36. The summed E-state index contributed by atoms with van der Waals surface area (Å²) in [6.45, 7) is 3.21. The van der Waals surface area contributed by atoms with Gasteiger partial charge in [0.15, 0.2) is 0 Å². The Kier molecular flexibility index (Phi) is 4.34. The predicted molar refractivity (Wildman–Crippen MR) is 79.8 cm³/mol. The molecule has 0 saturated carbocycles. The molecule has 0 N–H and O–H groups in total. The van der Waals surface area contributed by atoms with Gasteiger partial charge in [0.05, 0.1) is 18.1 Å². The maximum Gasteiger partial charge on any atom is 0.139 e. The summed E-state index contributed by atoms with van der Waals surface area (Å²) in [6, 6.07) is 0. The average Bonchev–Trinajstić information content (AvgIpc) is 2.47. The fourth-order valence-electron chi connectivity index (χ4n) is 2.79. The molecule has 0 spiro atoms. The Morgan fingerprint density at radius 1 is 1.35 bits per heavy atom. The molecular formula is C15H20ClN3O. The number of piperidine rings is 1. The molecule has 1 aromatic rings. The van der Waals surface area contributed by atoms with Crippen molar-refractivity contribution in [1.29, 1.82) is 0 Å². The normalized spacial score (nSPS) is 23.8. The Morgan fingerprint density at radius 2 is 2.15 bits per heavy atom. The Bertz CT molecular complexity index is 581. The van der Waals surface area contributed by atoms with Gasteiger partial charge >= 0.3 is 0 Å². The van der Waals surface area contributed by atoms with E-state index in [4.69, 9.17) is 16.3 Å². The van der Waals surface area contributed by atoms with Gasteiger partial charge in [0.25, 0.3) is 0 Å². The molecule has 0 amide bonds. The van der Waals surface area contributed by atoms with Crippen molar-refractivity contribution in [2.75, 3.05) is 26.7 Å². The highest BCUT2D eigenvalue weighted by Crippen LogP contribution is 2.18. The number of likely N-dealkylation sites (tertiary alicyclic amines) is 1. The highest BCUT2D eigenvalue weighted by molar-refractivity contribution is 6.29. The molecule has 20 heavy (non-hydrogen) atoms. The second-order valence-corrected chi connectivity index (χ2v) is 6.05. The van der Waals surface area contributed by atoms with Crippen LogP contribution in [0.4, 0.5) is 0 Å². The Hall–Kier alpha value is -0.970. The number of hydrogen-bond donors (Lipinski definition) is 0. The molecule has 4 nitrogen and oxygen atoms in total. The van der Waals surface area contributed by atoms with Crippen molar-refractivity contribution in [3.8, 4) is 0 Å². The van der Waals surface area contributed by atoms with Crippen LogP contribution in [0.5, 0.6) is 0 Å². The molecule has 5 heteroatoms. The zero-order chi connectivity index (χ0) is 13.9. The maximum atomic E-state index is 6.05. The minimum Gasteiger partial charge on any atom is -0.373 e. The van der Waals surface area contributed by atoms with E-state index in [1.807, 2.05) is 0 Å². The number of hydrogen-bond acceptors (Lipinski definition) is 4. The number of fused-ring (bicyclic) bond motifs is 1. The van der Waals surface area contributed by atoms with Gasteiger partial charge in [-0.3, -0.25) is 0 Å². The third-order valence-corrected chi connectivity index (χ3v) is 4.45. The SMILES string of the molecule is CN1CCC(COC2C=c3ncnc(Cl)c3=CC2)CC1. The van der Waals surface area contributed by atoms with E-state index in [9.17, 15) is 0 Å². The standard InChI is InChI=1S/C15H20ClN3O/c1-19-6-4-11(5-7-19)9-20-12-2-3-13-14(8-12)17-10-18-15(13)16/h3,8,10-12H,2,4-7,9H2,1H3. The van der Waals surface area contributed by atoms with Crippen molar-refractivity contribution in [2.24, 2.45) is 5.92 Å². The summed E-state index contributed by atoms with van der Waals surface area (Å²) in [4.78, 5) is 10.6. The average molecular weight is 294 g/mol. The van der Waals surface area contributed by atoms with Gasteiger partial charge in [-0.05, 0) is 51.4 Å². The van der Waals surface area contributed by atoms with Crippen LogP contribution >= 0.6 is 11.6 Å². The molecule has 1 atom stereocenters. The lowest BCUT2D eigenvalue weighted by Crippen LogP contribution is -2.37. The van der Waals surface area contributed by atoms with Gasteiger partial charge < -0.3 is 9.64 Å². The Balaban J connectivity index is 1.60. The van der Waals surface area contributed by atoms with E-state index in [0.29, 0.717) is 11.1 Å². The van der Waals surface area contributed by atoms with Crippen molar-refractivity contribution in [3.05, 3.63) is 22.0 Å². The molecule has 1 aromatic heterocycles. The molecule has 1 unspecified atom stereocenters. The van der Waals surface area contributed by atoms with E-state index >= 15 is 0 Å². The molecule has 2 heterocycles. The fourth-order valence-corrected chi connectivity index (χ4v) is 3.01. The smallest absolute Gasteiger partial charge is 0.139 e. The fraction of sp³-hybridized carbons (Fsp3) is 0.600. The lowest BCUT2D eigenvalue weighted by Gasteiger charge is -2.29. The zero-order valence-electron chi connectivity index (χ0n) is 11.8. The van der Waals surface area contributed by atoms with Gasteiger partial charge in [0, 0.05) is 5.22 Å². The lowest BCUT2D eigenvalue weighted by atomic mass is 9.98. The van der Waals surface area contributed by atoms with E-state index < -0.39 is 0 Å². The predicted octanol–water partition coefficient (Wildman–Crippen LogP) is 0.822. The second kappa shape index (κ2) is 6.20. The number of rotatable bonds is 3. The highest BCUT2D eigenvalue weighted by atomic mass is 35.5. The third kappa shape index (κ3) is 3.19. The number of nitrogens with zero attached hydrogens (tertiary/aromatic N) is 3. The highest BCUT2D eigenvalue weighted by Gasteiger charge is 2.18. The van der Waals surface area contributed by atoms with Crippen LogP contribution in [0.15, 0.2) is 6.33 Å². The quantitative estimate of drug-likeness (QED) is 0.774. The van der Waals surface area contributed by atoms with Crippen LogP contribution in [0.3, 0.4) is 0 Å². The number of aromatic nitrogens is 2. The van der Waals surface area contributed by atoms with Crippen molar-refractivity contribution >= 4 is 23.8 Å². The van der Waals surface area contributed by atoms with Gasteiger partial charge in [-0.15, -0.1) is 0 Å². The molecule has 108 valence electrons. The van der Waals surface area contributed by atoms with Crippen molar-refractivity contribution in [2.45, 2.75) is 25.4 Å². The van der Waals surface area contributed by atoms with E-state index in [-0.39, 0.29) is 6.10 Å². The molecular weight excluding hydrogens is 274 g/mol. The summed E-state index contributed by atoms with van der Waals surface area (Å²) in [5.41, 5.74) is 0. The van der Waals surface area contributed by atoms with Gasteiger partial charge in [0.1, 0.15) is 11.5 Å². The maximum absolute atomic E-state index is 6.05. The van der Waals surface area contributed by atoms with Crippen molar-refractivity contribution in [3.63, 3.8) is 0 Å². The molecule has 2 aliphatic rings. The summed E-state index contributed by atoms with van der Waals surface area (Å²) in [7, 11) is 2.18. The van der Waals surface area contributed by atoms with Gasteiger partial charge in [-0.2, -0.15) is 0 Å². The van der Waals surface area contributed by atoms with Crippen LogP contribution in [-0.2, 0) is 4.74 Å². The van der Waals surface area contributed by atoms with Gasteiger partial charge in [-0.25, -0.2) is 9.97 Å². The topological polar surface area (TPSA) is 38.2 Å². The van der Waals surface area contributed by atoms with Crippen LogP contribution in [0.25, 0.3) is 12.2 Å². The summed E-state index contributed by atoms with van der Waals surface area (Å²) < 4.78 is 6.05. The Morgan fingerprint density at radius 3 is 2.95 bits per heavy atom. The first-order valence-corrected chi connectivity index (χ1v) is 7.59. The molecule has 0 radical (unpaired) electrons. The van der Waals surface area contributed by atoms with Crippen molar-refractivity contribution < 1.29 is 4.74 Å². The van der Waals surface area contributed by atoms with Crippen LogP contribution in [0.2, 0.25) is 5.15 Å². The molecule has 1 saturated heterocycles. The van der Waals surface area contributed by atoms with Crippen LogP contribution in [-0.4, -0.2) is 47.7 Å². The third-order valence-electron chi connectivity index (χ3n) is 4.15. The van der Waals surface area contributed by atoms with E-state index in [2.05, 4.69) is 34.1 Å². The monoisotopic (exact) mass is 293 g/mol. The molecule has 1 fully saturated rings. The molecule has 1 aliphatic heterocycles. The zero-order valence-corrected chi connectivity index (χ0v) is 12.5. The van der Waals surface area contributed by atoms with E-state index in [1.54, 1.807) is 0 Å². The van der Waals surface area contributed by atoms with Crippen LogP contribution in [0.1, 0.15) is 19.3 Å². The second-order valence-electron chi connectivity index (χ2n) is 5.69.